The molecule has 0 bridgehead atoms. The number of hydrogen-bond acceptors (Lipinski definition) is 2. The van der Waals surface area contributed by atoms with Crippen LogP contribution in [0.4, 0.5) is 4.39 Å². The van der Waals surface area contributed by atoms with Crippen LogP contribution in [-0.4, -0.2) is 28.1 Å². The van der Waals surface area contributed by atoms with Crippen molar-refractivity contribution in [2.24, 2.45) is 5.92 Å². The first-order chi connectivity index (χ1) is 13.6. The van der Waals surface area contributed by atoms with Gasteiger partial charge in [-0.25, -0.2) is 4.39 Å². The smallest absolute Gasteiger partial charge is 0.223 e. The maximum atomic E-state index is 13.5. The number of nitrogens with zero attached hydrogens (tertiary/aromatic N) is 1. The van der Waals surface area contributed by atoms with Crippen LogP contribution in [0.5, 0.6) is 0 Å². The number of halogens is 1. The molecule has 1 saturated heterocycles. The maximum absolute atomic E-state index is 13.5. The van der Waals surface area contributed by atoms with Gasteiger partial charge in [-0.1, -0.05) is 55.3 Å². The third-order valence-electron chi connectivity index (χ3n) is 6.57. The van der Waals surface area contributed by atoms with Crippen molar-refractivity contribution in [1.29, 1.82) is 0 Å². The summed E-state index contributed by atoms with van der Waals surface area (Å²) in [5, 5.41) is 11.3. The average Bonchev–Trinajstić information content (AvgIpc) is 2.72. The Hall–Kier alpha value is -2.20. The normalized spacial score (nSPS) is 27.3. The Labute approximate surface area is 166 Å². The first-order valence-corrected chi connectivity index (χ1v) is 10.4. The lowest BCUT2D eigenvalue weighted by Gasteiger charge is -2.52. The van der Waals surface area contributed by atoms with Crippen molar-refractivity contribution < 1.29 is 14.3 Å². The van der Waals surface area contributed by atoms with Gasteiger partial charge in [0.05, 0.1) is 11.6 Å². The second-order valence-electron chi connectivity index (χ2n) is 8.27. The fourth-order valence-electron chi connectivity index (χ4n) is 5.07. The topological polar surface area (TPSA) is 40.5 Å². The van der Waals surface area contributed by atoms with Crippen molar-refractivity contribution in [1.82, 2.24) is 4.90 Å². The quantitative estimate of drug-likeness (QED) is 0.837. The summed E-state index contributed by atoms with van der Waals surface area (Å²) in [6, 6.07) is 16.3. The van der Waals surface area contributed by atoms with E-state index in [1.165, 1.54) is 12.1 Å². The fourth-order valence-corrected chi connectivity index (χ4v) is 5.07. The van der Waals surface area contributed by atoms with E-state index in [0.29, 0.717) is 25.8 Å². The number of fused-ring (bicyclic) bond motifs is 1. The molecule has 28 heavy (non-hydrogen) atoms. The van der Waals surface area contributed by atoms with E-state index in [1.54, 1.807) is 12.1 Å². The first kappa shape index (κ1) is 19.1. The minimum atomic E-state index is -0.715. The molecule has 3 atom stereocenters. The molecular weight excluding hydrogens is 353 g/mol. The van der Waals surface area contributed by atoms with Crippen LogP contribution in [0.15, 0.2) is 54.6 Å². The van der Waals surface area contributed by atoms with E-state index < -0.39 is 5.60 Å². The Morgan fingerprint density at radius 2 is 1.82 bits per heavy atom. The average molecular weight is 381 g/mol. The summed E-state index contributed by atoms with van der Waals surface area (Å²) in [6.45, 7) is 0.558. The molecule has 148 valence electrons. The van der Waals surface area contributed by atoms with Gasteiger partial charge in [-0.3, -0.25) is 4.79 Å². The molecule has 2 aliphatic rings. The van der Waals surface area contributed by atoms with Gasteiger partial charge in [0.25, 0.3) is 0 Å². The minimum Gasteiger partial charge on any atom is -0.389 e. The molecule has 1 aliphatic heterocycles. The molecule has 0 unspecified atom stereocenters. The van der Waals surface area contributed by atoms with Crippen LogP contribution in [0.3, 0.4) is 0 Å². The van der Waals surface area contributed by atoms with Crippen LogP contribution >= 0.6 is 0 Å². The number of carbonyl (C=O) groups excluding carboxylic acids is 1. The zero-order chi connectivity index (χ0) is 19.6. The summed E-state index contributed by atoms with van der Waals surface area (Å²) in [5.41, 5.74) is 1.37. The summed E-state index contributed by atoms with van der Waals surface area (Å²) in [7, 11) is 0. The van der Waals surface area contributed by atoms with Gasteiger partial charge in [0.15, 0.2) is 0 Å². The second kappa shape index (κ2) is 8.04. The highest BCUT2D eigenvalue weighted by molar-refractivity contribution is 5.77. The molecule has 0 aromatic heterocycles. The molecule has 3 nitrogen and oxygen atoms in total. The van der Waals surface area contributed by atoms with E-state index in [2.05, 4.69) is 0 Å². The van der Waals surface area contributed by atoms with Gasteiger partial charge in [-0.15, -0.1) is 0 Å². The summed E-state index contributed by atoms with van der Waals surface area (Å²) in [4.78, 5) is 15.1. The molecule has 0 radical (unpaired) electrons. The van der Waals surface area contributed by atoms with Crippen LogP contribution in [-0.2, 0) is 11.2 Å². The molecule has 1 amide bonds. The monoisotopic (exact) mass is 381 g/mol. The predicted molar refractivity (Wildman–Crippen MR) is 107 cm³/mol. The minimum absolute atomic E-state index is 0.0149. The van der Waals surface area contributed by atoms with Gasteiger partial charge in [0, 0.05) is 18.9 Å². The van der Waals surface area contributed by atoms with Gasteiger partial charge in [-0.05, 0) is 48.9 Å². The molecule has 4 heteroatoms. The van der Waals surface area contributed by atoms with Crippen LogP contribution in [0, 0.1) is 11.7 Å². The highest BCUT2D eigenvalue weighted by Crippen LogP contribution is 2.49. The number of aliphatic hydroxyl groups is 1. The molecule has 0 spiro atoms. The summed E-state index contributed by atoms with van der Waals surface area (Å²) < 4.78 is 13.5. The fraction of sp³-hybridized carbons (Fsp3) is 0.458. The van der Waals surface area contributed by atoms with E-state index in [0.717, 1.165) is 36.8 Å². The third-order valence-corrected chi connectivity index (χ3v) is 6.57. The Bertz CT molecular complexity index is 807. The number of amides is 1. The van der Waals surface area contributed by atoms with Crippen LogP contribution < -0.4 is 0 Å². The summed E-state index contributed by atoms with van der Waals surface area (Å²) in [6.07, 6.45) is 5.59. The zero-order valence-electron chi connectivity index (χ0n) is 16.2. The van der Waals surface area contributed by atoms with Crippen LogP contribution in [0.1, 0.15) is 55.7 Å². The van der Waals surface area contributed by atoms with E-state index in [9.17, 15) is 14.3 Å². The number of rotatable bonds is 4. The number of carbonyl (C=O) groups is 1. The number of aryl methyl sites for hydroxylation is 1. The molecule has 2 aromatic rings. The molecule has 1 heterocycles. The second-order valence-corrected chi connectivity index (χ2v) is 8.27. The molecule has 1 N–H and O–H groups in total. The van der Waals surface area contributed by atoms with Gasteiger partial charge in [-0.2, -0.15) is 0 Å². The molecule has 1 saturated carbocycles. The van der Waals surface area contributed by atoms with Gasteiger partial charge in [0.2, 0.25) is 5.91 Å². The van der Waals surface area contributed by atoms with Crippen molar-refractivity contribution in [3.05, 3.63) is 71.5 Å². The van der Waals surface area contributed by atoms with E-state index in [-0.39, 0.29) is 23.7 Å². The Morgan fingerprint density at radius 3 is 2.57 bits per heavy atom. The van der Waals surface area contributed by atoms with E-state index >= 15 is 0 Å². The lowest BCUT2D eigenvalue weighted by molar-refractivity contribution is -0.155. The van der Waals surface area contributed by atoms with Crippen LogP contribution in [0.2, 0.25) is 0 Å². The molecule has 4 rings (SSSR count). The summed E-state index contributed by atoms with van der Waals surface area (Å²) >= 11 is 0. The number of piperidine rings is 1. The zero-order valence-corrected chi connectivity index (χ0v) is 16.2. The van der Waals surface area contributed by atoms with Crippen molar-refractivity contribution in [2.75, 3.05) is 6.54 Å². The molecule has 1 aliphatic carbocycles. The SMILES string of the molecule is O=C(CCc1ccccc1)N1CC[C@]2(O)CCCC[C@@H]2[C@@H]1c1ccc(F)cc1. The molecule has 2 aromatic carbocycles. The van der Waals surface area contributed by atoms with Gasteiger partial charge < -0.3 is 10.0 Å². The Morgan fingerprint density at radius 1 is 1.07 bits per heavy atom. The Balaban J connectivity index is 1.58. The number of benzene rings is 2. The first-order valence-electron chi connectivity index (χ1n) is 10.4. The van der Waals surface area contributed by atoms with Crippen molar-refractivity contribution in [2.45, 2.75) is 56.6 Å². The van der Waals surface area contributed by atoms with Crippen LogP contribution in [0.25, 0.3) is 0 Å². The highest BCUT2D eigenvalue weighted by atomic mass is 19.1. The lowest BCUT2D eigenvalue weighted by Crippen LogP contribution is -2.56. The maximum Gasteiger partial charge on any atom is 0.223 e. The molecular formula is C24H28FNO2. The van der Waals surface area contributed by atoms with Crippen molar-refractivity contribution in [3.8, 4) is 0 Å². The van der Waals surface area contributed by atoms with E-state index in [1.807, 2.05) is 35.2 Å². The number of hydrogen-bond donors (Lipinski definition) is 1. The van der Waals surface area contributed by atoms with Crippen molar-refractivity contribution >= 4 is 5.91 Å². The summed E-state index contributed by atoms with van der Waals surface area (Å²) in [5.74, 6) is -0.146. The number of likely N-dealkylation sites (tertiary alicyclic amines) is 1. The standard InChI is InChI=1S/C24H28FNO2/c25-20-12-10-19(11-13-20)23-21-8-4-5-15-24(21,28)16-17-26(23)22(27)14-9-18-6-2-1-3-7-18/h1-3,6-7,10-13,21,23,28H,4-5,8-9,14-17H2/t21-,23+,24-/m1/s1. The van der Waals surface area contributed by atoms with Gasteiger partial charge in [0.1, 0.15) is 5.82 Å². The molecule has 2 fully saturated rings. The van der Waals surface area contributed by atoms with Crippen molar-refractivity contribution in [3.63, 3.8) is 0 Å². The lowest BCUT2D eigenvalue weighted by atomic mass is 9.66. The predicted octanol–water partition coefficient (Wildman–Crippen LogP) is 4.65. The van der Waals surface area contributed by atoms with E-state index in [4.69, 9.17) is 0 Å². The van der Waals surface area contributed by atoms with Gasteiger partial charge >= 0.3 is 0 Å². The Kier molecular flexibility index (Phi) is 5.49. The third kappa shape index (κ3) is 3.83. The largest absolute Gasteiger partial charge is 0.389 e. The highest BCUT2D eigenvalue weighted by Gasteiger charge is 2.49.